The fourth-order valence-electron chi connectivity index (χ4n) is 0.802. The molecule has 0 aromatic carbocycles. The number of rotatable bonds is 0. The van der Waals surface area contributed by atoms with E-state index in [0.29, 0.717) is 12.8 Å². The van der Waals surface area contributed by atoms with Gasteiger partial charge in [-0.3, -0.25) is 14.9 Å². The summed E-state index contributed by atoms with van der Waals surface area (Å²) in [5.74, 6) is -0.257. The molecule has 0 radical (unpaired) electrons. The summed E-state index contributed by atoms with van der Waals surface area (Å²) in [5.41, 5.74) is 0. The summed E-state index contributed by atoms with van der Waals surface area (Å²) in [6.45, 7) is 1.82. The third-order valence-corrected chi connectivity index (χ3v) is 1.51. The normalized spacial score (nSPS) is 27.9. The van der Waals surface area contributed by atoms with E-state index >= 15 is 0 Å². The Bertz CT molecular complexity index is 153. The van der Waals surface area contributed by atoms with Gasteiger partial charge < -0.3 is 0 Å². The van der Waals surface area contributed by atoms with E-state index in [1.165, 1.54) is 0 Å². The standard InChI is InChI=1S/C6H9NO2/c1-4-2-3-5(8)7-6(4)9/h4H,2-3H2,1H3,(H,7,8,9)/t4-/m0/s1. The molecule has 50 valence electrons. The van der Waals surface area contributed by atoms with Gasteiger partial charge in [-0.25, -0.2) is 0 Å². The van der Waals surface area contributed by atoms with Gasteiger partial charge in [0.1, 0.15) is 0 Å². The molecule has 1 aliphatic rings. The quantitative estimate of drug-likeness (QED) is 0.468. The van der Waals surface area contributed by atoms with E-state index in [4.69, 9.17) is 0 Å². The highest BCUT2D eigenvalue weighted by Crippen LogP contribution is 2.09. The van der Waals surface area contributed by atoms with Gasteiger partial charge in [-0.15, -0.1) is 0 Å². The number of imide groups is 1. The Labute approximate surface area is 53.4 Å². The third-order valence-electron chi connectivity index (χ3n) is 1.51. The molecule has 1 aliphatic heterocycles. The smallest absolute Gasteiger partial charge is 0.229 e. The zero-order chi connectivity index (χ0) is 6.85. The van der Waals surface area contributed by atoms with E-state index < -0.39 is 0 Å². The summed E-state index contributed by atoms with van der Waals surface area (Å²) in [6.07, 6.45) is 1.19. The fourth-order valence-corrected chi connectivity index (χ4v) is 0.802. The molecule has 0 bridgehead atoms. The minimum Gasteiger partial charge on any atom is -0.296 e. The Morgan fingerprint density at radius 3 is 2.67 bits per heavy atom. The van der Waals surface area contributed by atoms with Gasteiger partial charge in [0, 0.05) is 12.3 Å². The molecule has 1 saturated heterocycles. The molecule has 0 aromatic heterocycles. The lowest BCUT2D eigenvalue weighted by atomic mass is 10.0. The van der Waals surface area contributed by atoms with Gasteiger partial charge in [0.15, 0.2) is 0 Å². The van der Waals surface area contributed by atoms with Crippen LogP contribution in [0.4, 0.5) is 0 Å². The van der Waals surface area contributed by atoms with Crippen LogP contribution in [0.15, 0.2) is 0 Å². The van der Waals surface area contributed by atoms with E-state index in [2.05, 4.69) is 5.32 Å². The summed E-state index contributed by atoms with van der Waals surface area (Å²) in [6, 6.07) is 0. The molecular formula is C6H9NO2. The van der Waals surface area contributed by atoms with Gasteiger partial charge in [0.25, 0.3) is 0 Å². The summed E-state index contributed by atoms with van der Waals surface area (Å²) in [4.78, 5) is 21.2. The van der Waals surface area contributed by atoms with Gasteiger partial charge in [-0.2, -0.15) is 0 Å². The van der Waals surface area contributed by atoms with Crippen molar-refractivity contribution >= 4 is 11.8 Å². The van der Waals surface area contributed by atoms with Crippen LogP contribution in [0.3, 0.4) is 0 Å². The highest BCUT2D eigenvalue weighted by molar-refractivity contribution is 5.98. The molecule has 2 amide bonds. The minimum absolute atomic E-state index is 0.0164. The maximum Gasteiger partial charge on any atom is 0.229 e. The second-order valence-electron chi connectivity index (χ2n) is 2.35. The lowest BCUT2D eigenvalue weighted by molar-refractivity contribution is -0.135. The van der Waals surface area contributed by atoms with Crippen molar-refractivity contribution < 1.29 is 9.59 Å². The largest absolute Gasteiger partial charge is 0.296 e. The van der Waals surface area contributed by atoms with E-state index in [0.717, 1.165) is 0 Å². The number of piperidine rings is 1. The van der Waals surface area contributed by atoms with Gasteiger partial charge in [-0.1, -0.05) is 6.92 Å². The van der Waals surface area contributed by atoms with E-state index in [1.54, 1.807) is 0 Å². The lowest BCUT2D eigenvalue weighted by Gasteiger charge is -2.15. The Kier molecular flexibility index (Phi) is 1.51. The van der Waals surface area contributed by atoms with Crippen LogP contribution >= 0.6 is 0 Å². The molecule has 0 aliphatic carbocycles. The Morgan fingerprint density at radius 1 is 1.56 bits per heavy atom. The van der Waals surface area contributed by atoms with Crippen LogP contribution in [-0.2, 0) is 9.59 Å². The first-order valence-corrected chi connectivity index (χ1v) is 3.04. The molecule has 0 unspecified atom stereocenters. The molecule has 0 saturated carbocycles. The first-order chi connectivity index (χ1) is 4.20. The van der Waals surface area contributed by atoms with Crippen molar-refractivity contribution in [1.82, 2.24) is 5.32 Å². The molecule has 0 spiro atoms. The first kappa shape index (κ1) is 6.26. The second-order valence-corrected chi connectivity index (χ2v) is 2.35. The maximum absolute atomic E-state index is 10.7. The van der Waals surface area contributed by atoms with Crippen LogP contribution < -0.4 is 5.32 Å². The molecular weight excluding hydrogens is 118 g/mol. The number of hydrogen-bond donors (Lipinski definition) is 1. The Morgan fingerprint density at radius 2 is 2.22 bits per heavy atom. The van der Waals surface area contributed by atoms with Crippen LogP contribution in [-0.4, -0.2) is 11.8 Å². The Balaban J connectivity index is 2.54. The van der Waals surface area contributed by atoms with Gasteiger partial charge in [0.05, 0.1) is 0 Å². The van der Waals surface area contributed by atoms with Crippen molar-refractivity contribution in [3.63, 3.8) is 0 Å². The molecule has 1 rings (SSSR count). The molecule has 9 heavy (non-hydrogen) atoms. The van der Waals surface area contributed by atoms with Crippen LogP contribution in [0.2, 0.25) is 0 Å². The van der Waals surface area contributed by atoms with Crippen LogP contribution in [0, 0.1) is 5.92 Å². The predicted molar refractivity (Wildman–Crippen MR) is 31.5 cm³/mol. The first-order valence-electron chi connectivity index (χ1n) is 3.04. The zero-order valence-electron chi connectivity index (χ0n) is 5.31. The molecule has 1 heterocycles. The third kappa shape index (κ3) is 1.28. The number of carbonyl (C=O) groups excluding carboxylic acids is 2. The second kappa shape index (κ2) is 2.17. The molecule has 1 atom stereocenters. The number of amides is 2. The summed E-state index contributed by atoms with van der Waals surface area (Å²) >= 11 is 0. The highest BCUT2D eigenvalue weighted by Gasteiger charge is 2.21. The average Bonchev–Trinajstić information content (AvgIpc) is 1.80. The van der Waals surface area contributed by atoms with E-state index in [-0.39, 0.29) is 17.7 Å². The topological polar surface area (TPSA) is 46.2 Å². The number of nitrogens with one attached hydrogen (secondary N) is 1. The van der Waals surface area contributed by atoms with Crippen molar-refractivity contribution in [2.45, 2.75) is 19.8 Å². The van der Waals surface area contributed by atoms with Gasteiger partial charge in [0.2, 0.25) is 11.8 Å². The molecule has 1 fully saturated rings. The lowest BCUT2D eigenvalue weighted by Crippen LogP contribution is -2.39. The van der Waals surface area contributed by atoms with Gasteiger partial charge >= 0.3 is 0 Å². The average molecular weight is 127 g/mol. The van der Waals surface area contributed by atoms with Crippen molar-refractivity contribution in [3.05, 3.63) is 0 Å². The van der Waals surface area contributed by atoms with E-state index in [1.807, 2.05) is 6.92 Å². The SMILES string of the molecule is C[C@H]1CCC(=O)NC1=O. The molecule has 3 heteroatoms. The van der Waals surface area contributed by atoms with Crippen LogP contribution in [0.5, 0.6) is 0 Å². The van der Waals surface area contributed by atoms with Crippen LogP contribution in [0.25, 0.3) is 0 Å². The van der Waals surface area contributed by atoms with Crippen molar-refractivity contribution in [1.29, 1.82) is 0 Å². The summed E-state index contributed by atoms with van der Waals surface area (Å²) < 4.78 is 0. The molecule has 3 nitrogen and oxygen atoms in total. The number of hydrogen-bond acceptors (Lipinski definition) is 2. The zero-order valence-corrected chi connectivity index (χ0v) is 5.31. The van der Waals surface area contributed by atoms with Crippen molar-refractivity contribution in [2.75, 3.05) is 0 Å². The Hall–Kier alpha value is -0.860. The fraction of sp³-hybridized carbons (Fsp3) is 0.667. The monoisotopic (exact) mass is 127 g/mol. The van der Waals surface area contributed by atoms with Crippen LogP contribution in [0.1, 0.15) is 19.8 Å². The number of carbonyl (C=O) groups is 2. The summed E-state index contributed by atoms with van der Waals surface area (Å²) in [7, 11) is 0. The van der Waals surface area contributed by atoms with Gasteiger partial charge in [-0.05, 0) is 6.42 Å². The summed E-state index contributed by atoms with van der Waals surface area (Å²) in [5, 5.41) is 2.25. The maximum atomic E-state index is 10.7. The van der Waals surface area contributed by atoms with Crippen molar-refractivity contribution in [2.24, 2.45) is 5.92 Å². The molecule has 1 N–H and O–H groups in total. The van der Waals surface area contributed by atoms with Crippen molar-refractivity contribution in [3.8, 4) is 0 Å². The predicted octanol–water partition coefficient (Wildman–Crippen LogP) is 0.0591. The molecule has 0 aromatic rings. The van der Waals surface area contributed by atoms with E-state index in [9.17, 15) is 9.59 Å². The highest BCUT2D eigenvalue weighted by atomic mass is 16.2. The minimum atomic E-state index is -0.141.